The van der Waals surface area contributed by atoms with E-state index in [9.17, 15) is 13.6 Å². The molecule has 1 amide bonds. The number of rotatable bonds is 4. The number of ether oxygens (including phenoxy) is 1. The van der Waals surface area contributed by atoms with Gasteiger partial charge in [-0.2, -0.15) is 15.2 Å². The van der Waals surface area contributed by atoms with Crippen LogP contribution in [0.1, 0.15) is 30.2 Å². The first-order valence-electron chi connectivity index (χ1n) is 14.8. The molecule has 0 spiro atoms. The standard InChI is InChI=1S/C26H29N5O2.C5H9F2N.C2H3N/c1-4-23(32)29-13-15-30(16-14-29)25-20-11-12-31(17-21(20)27-26(28-25)33-3)22-10-6-9-19-8-5-7-18(2)24(19)22;1-8-3-2-5(6,7)4-8;1-2-3/h4-10H,1,11-17H2,2-3H3;2-4H2,1H3;1H3. The van der Waals surface area contributed by atoms with E-state index < -0.39 is 5.92 Å². The molecule has 3 aromatic rings. The SMILES string of the molecule is C=CC(=O)N1CCN(c2nc(OC)nc3c2CCN(c2cccc4cccc(C)c24)C3)CC1.CC#N.CN1CCC(F)(F)C1. The van der Waals surface area contributed by atoms with E-state index in [0.29, 0.717) is 32.2 Å². The maximum absolute atomic E-state index is 12.2. The van der Waals surface area contributed by atoms with Crippen molar-refractivity contribution in [3.05, 3.63) is 65.9 Å². The van der Waals surface area contributed by atoms with Gasteiger partial charge in [-0.05, 0) is 43.5 Å². The van der Waals surface area contributed by atoms with E-state index in [1.54, 1.807) is 25.1 Å². The maximum atomic E-state index is 12.2. The molecule has 0 unspecified atom stereocenters. The number of nitrogens with zero attached hydrogens (tertiary/aromatic N) is 7. The third kappa shape index (κ3) is 7.61. The zero-order valence-corrected chi connectivity index (χ0v) is 26.0. The molecule has 2 aromatic carbocycles. The lowest BCUT2D eigenvalue weighted by Crippen LogP contribution is -2.49. The van der Waals surface area contributed by atoms with Crippen LogP contribution in [0.25, 0.3) is 10.8 Å². The van der Waals surface area contributed by atoms with Crippen LogP contribution in [0.2, 0.25) is 0 Å². The summed E-state index contributed by atoms with van der Waals surface area (Å²) in [4.78, 5) is 29.6. The number of benzene rings is 2. The van der Waals surface area contributed by atoms with Crippen LogP contribution in [0.15, 0.2) is 49.1 Å². The van der Waals surface area contributed by atoms with Crippen molar-refractivity contribution in [2.45, 2.75) is 39.2 Å². The van der Waals surface area contributed by atoms with Gasteiger partial charge < -0.3 is 24.3 Å². The third-order valence-electron chi connectivity index (χ3n) is 8.06. The molecule has 0 N–H and O–H groups in total. The van der Waals surface area contributed by atoms with Gasteiger partial charge in [-0.1, -0.05) is 36.9 Å². The Labute approximate surface area is 258 Å². The minimum atomic E-state index is -2.41. The molecule has 0 atom stereocenters. The minimum Gasteiger partial charge on any atom is -0.467 e. The number of aromatic nitrogens is 2. The fourth-order valence-corrected chi connectivity index (χ4v) is 5.89. The predicted octanol–water partition coefficient (Wildman–Crippen LogP) is 4.83. The van der Waals surface area contributed by atoms with E-state index in [0.717, 1.165) is 37.6 Å². The molecule has 9 nitrogen and oxygen atoms in total. The summed E-state index contributed by atoms with van der Waals surface area (Å²) in [5.74, 6) is -1.48. The lowest BCUT2D eigenvalue weighted by molar-refractivity contribution is -0.126. The third-order valence-corrected chi connectivity index (χ3v) is 8.06. The van der Waals surface area contributed by atoms with Gasteiger partial charge >= 0.3 is 6.01 Å². The molecular formula is C33H41F2N7O2. The highest BCUT2D eigenvalue weighted by molar-refractivity contribution is 5.97. The molecule has 2 saturated heterocycles. The summed E-state index contributed by atoms with van der Waals surface area (Å²) >= 11 is 0. The molecule has 0 saturated carbocycles. The van der Waals surface area contributed by atoms with Gasteiger partial charge in [0, 0.05) is 69.3 Å². The average molecular weight is 606 g/mol. The number of aryl methyl sites for hydroxylation is 1. The van der Waals surface area contributed by atoms with Crippen molar-refractivity contribution in [1.29, 1.82) is 5.26 Å². The fraction of sp³-hybridized carbons (Fsp3) is 0.455. The van der Waals surface area contributed by atoms with E-state index in [2.05, 4.69) is 59.7 Å². The van der Waals surface area contributed by atoms with Gasteiger partial charge in [-0.3, -0.25) is 4.79 Å². The van der Waals surface area contributed by atoms with Gasteiger partial charge in [0.1, 0.15) is 5.82 Å². The highest BCUT2D eigenvalue weighted by atomic mass is 19.3. The summed E-state index contributed by atoms with van der Waals surface area (Å²) < 4.78 is 29.8. The molecule has 4 heterocycles. The summed E-state index contributed by atoms with van der Waals surface area (Å²) in [6, 6.07) is 15.1. The van der Waals surface area contributed by atoms with Gasteiger partial charge in [0.15, 0.2) is 0 Å². The molecule has 0 bridgehead atoms. The normalized spacial score (nSPS) is 17.4. The molecule has 2 fully saturated rings. The minimum absolute atomic E-state index is 0.0158. The first kappa shape index (κ1) is 32.6. The number of piperazine rings is 1. The van der Waals surface area contributed by atoms with Crippen LogP contribution in [0.3, 0.4) is 0 Å². The van der Waals surface area contributed by atoms with Gasteiger partial charge in [0.05, 0.1) is 32.0 Å². The van der Waals surface area contributed by atoms with E-state index in [1.807, 2.05) is 4.90 Å². The topological polar surface area (TPSA) is 88.8 Å². The highest BCUT2D eigenvalue weighted by Gasteiger charge is 2.36. The van der Waals surface area contributed by atoms with Crippen molar-refractivity contribution in [1.82, 2.24) is 19.8 Å². The summed E-state index contributed by atoms with van der Waals surface area (Å²) in [7, 11) is 3.32. The quantitative estimate of drug-likeness (QED) is 0.391. The summed E-state index contributed by atoms with van der Waals surface area (Å²) in [6.07, 6.45) is 2.28. The van der Waals surface area contributed by atoms with Crippen molar-refractivity contribution in [3.8, 4) is 12.1 Å². The molecule has 1 aromatic heterocycles. The van der Waals surface area contributed by atoms with Crippen molar-refractivity contribution >= 4 is 28.2 Å². The van der Waals surface area contributed by atoms with E-state index in [4.69, 9.17) is 20.0 Å². The Morgan fingerprint density at radius 3 is 2.32 bits per heavy atom. The highest BCUT2D eigenvalue weighted by Crippen LogP contribution is 2.35. The molecule has 0 aliphatic carbocycles. The van der Waals surface area contributed by atoms with Gasteiger partial charge in [0.25, 0.3) is 5.92 Å². The Balaban J connectivity index is 0.000000342. The zero-order chi connectivity index (χ0) is 31.9. The number of alkyl halides is 2. The Bertz CT molecular complexity index is 1510. The smallest absolute Gasteiger partial charge is 0.318 e. The number of amides is 1. The Kier molecular flexibility index (Phi) is 10.7. The number of carbonyl (C=O) groups excluding carboxylic acids is 1. The molecule has 44 heavy (non-hydrogen) atoms. The lowest BCUT2D eigenvalue weighted by Gasteiger charge is -2.38. The van der Waals surface area contributed by atoms with Crippen molar-refractivity contribution in [2.75, 3.05) is 69.8 Å². The number of halogens is 2. The average Bonchev–Trinajstić information content (AvgIpc) is 3.36. The van der Waals surface area contributed by atoms with Gasteiger partial charge in [-0.15, -0.1) is 0 Å². The van der Waals surface area contributed by atoms with Crippen LogP contribution < -0.4 is 14.5 Å². The predicted molar refractivity (Wildman–Crippen MR) is 169 cm³/mol. The maximum Gasteiger partial charge on any atom is 0.318 e. The number of methoxy groups -OCH3 is 1. The number of hydrogen-bond donors (Lipinski definition) is 0. The van der Waals surface area contributed by atoms with Crippen LogP contribution in [-0.2, 0) is 17.8 Å². The molecule has 3 aliphatic rings. The number of carbonyl (C=O) groups is 1. The van der Waals surface area contributed by atoms with Crippen LogP contribution in [0.5, 0.6) is 6.01 Å². The summed E-state index contributed by atoms with van der Waals surface area (Å²) in [5.41, 5.74) is 4.72. The second-order valence-corrected chi connectivity index (χ2v) is 11.2. The molecule has 3 aliphatic heterocycles. The lowest BCUT2D eigenvalue weighted by atomic mass is 9.99. The van der Waals surface area contributed by atoms with Gasteiger partial charge in [0.2, 0.25) is 5.91 Å². The molecule has 11 heteroatoms. The summed E-state index contributed by atoms with van der Waals surface area (Å²) in [5, 5.41) is 9.87. The van der Waals surface area contributed by atoms with E-state index in [-0.39, 0.29) is 18.9 Å². The first-order valence-corrected chi connectivity index (χ1v) is 14.8. The van der Waals surface area contributed by atoms with Crippen molar-refractivity contribution in [2.24, 2.45) is 0 Å². The monoisotopic (exact) mass is 605 g/mol. The van der Waals surface area contributed by atoms with Crippen LogP contribution in [0.4, 0.5) is 20.3 Å². The second-order valence-electron chi connectivity index (χ2n) is 11.2. The first-order chi connectivity index (χ1) is 21.1. The van der Waals surface area contributed by atoms with E-state index >= 15 is 0 Å². The Hall–Kier alpha value is -4.30. The van der Waals surface area contributed by atoms with Crippen molar-refractivity contribution in [3.63, 3.8) is 0 Å². The summed E-state index contributed by atoms with van der Waals surface area (Å²) in [6.45, 7) is 12.1. The van der Waals surface area contributed by atoms with Crippen molar-refractivity contribution < 1.29 is 18.3 Å². The Morgan fingerprint density at radius 2 is 1.75 bits per heavy atom. The molecule has 6 rings (SSSR count). The number of likely N-dealkylation sites (tertiary alicyclic amines) is 1. The molecule has 0 radical (unpaired) electrons. The molecule has 234 valence electrons. The van der Waals surface area contributed by atoms with Crippen LogP contribution in [-0.4, -0.2) is 91.6 Å². The zero-order valence-electron chi connectivity index (χ0n) is 26.0. The largest absolute Gasteiger partial charge is 0.467 e. The number of fused-ring (bicyclic) bond motifs is 2. The molecular weight excluding hydrogens is 564 g/mol. The van der Waals surface area contributed by atoms with Crippen LogP contribution >= 0.6 is 0 Å². The van der Waals surface area contributed by atoms with Crippen LogP contribution in [0, 0.1) is 18.3 Å². The number of anilines is 2. The van der Waals surface area contributed by atoms with E-state index in [1.165, 1.54) is 40.6 Å². The fourth-order valence-electron chi connectivity index (χ4n) is 5.89. The number of nitriles is 1. The second kappa shape index (κ2) is 14.4. The Morgan fingerprint density at radius 1 is 1.07 bits per heavy atom. The number of hydrogen-bond acceptors (Lipinski definition) is 8. The van der Waals surface area contributed by atoms with Gasteiger partial charge in [-0.25, -0.2) is 8.78 Å².